The zero-order chi connectivity index (χ0) is 21.1. The second-order valence-electron chi connectivity index (χ2n) is 6.96. The lowest BCUT2D eigenvalue weighted by molar-refractivity contribution is 0.102. The van der Waals surface area contributed by atoms with Crippen molar-refractivity contribution in [3.63, 3.8) is 0 Å². The summed E-state index contributed by atoms with van der Waals surface area (Å²) in [6, 6.07) is 16.6. The molecule has 1 aromatic carbocycles. The number of nitrogens with one attached hydrogen (secondary N) is 1. The van der Waals surface area contributed by atoms with Gasteiger partial charge in [-0.25, -0.2) is 4.98 Å². The average Bonchev–Trinajstić information content (AvgIpc) is 3.19. The first-order valence-corrected chi connectivity index (χ1v) is 10.3. The molecule has 3 heterocycles. The molecule has 150 valence electrons. The van der Waals surface area contributed by atoms with Crippen LogP contribution in [0.4, 0.5) is 5.13 Å². The number of thiazole rings is 1. The van der Waals surface area contributed by atoms with Crippen molar-refractivity contribution >= 4 is 22.4 Å². The van der Waals surface area contributed by atoms with Crippen molar-refractivity contribution in [3.8, 4) is 11.4 Å². The van der Waals surface area contributed by atoms with Crippen LogP contribution in [0.25, 0.3) is 11.4 Å². The van der Waals surface area contributed by atoms with Crippen LogP contribution in [0.15, 0.2) is 71.0 Å². The Kier molecular flexibility index (Phi) is 5.54. The number of anilines is 1. The van der Waals surface area contributed by atoms with Crippen LogP contribution in [0.1, 0.15) is 27.2 Å². The maximum absolute atomic E-state index is 12.6. The molecule has 0 saturated carbocycles. The molecule has 7 heteroatoms. The van der Waals surface area contributed by atoms with Crippen molar-refractivity contribution in [2.24, 2.45) is 0 Å². The number of carbonyl (C=O) groups is 1. The van der Waals surface area contributed by atoms with Crippen molar-refractivity contribution in [1.82, 2.24) is 14.5 Å². The molecule has 0 fully saturated rings. The van der Waals surface area contributed by atoms with E-state index < -0.39 is 0 Å². The molecule has 1 N–H and O–H groups in total. The summed E-state index contributed by atoms with van der Waals surface area (Å²) in [7, 11) is 0. The van der Waals surface area contributed by atoms with Crippen LogP contribution in [0.3, 0.4) is 0 Å². The Morgan fingerprint density at radius 2 is 1.87 bits per heavy atom. The van der Waals surface area contributed by atoms with Gasteiger partial charge in [-0.2, -0.15) is 0 Å². The average molecular weight is 417 g/mol. The molecule has 4 rings (SSSR count). The van der Waals surface area contributed by atoms with Gasteiger partial charge in [-0.3, -0.25) is 19.9 Å². The highest BCUT2D eigenvalue weighted by molar-refractivity contribution is 7.14. The van der Waals surface area contributed by atoms with Crippen LogP contribution < -0.4 is 10.9 Å². The fourth-order valence-corrected chi connectivity index (χ4v) is 3.75. The van der Waals surface area contributed by atoms with Crippen molar-refractivity contribution in [2.75, 3.05) is 5.32 Å². The molecule has 3 aromatic heterocycles. The number of aromatic nitrogens is 3. The van der Waals surface area contributed by atoms with E-state index in [2.05, 4.69) is 15.3 Å². The van der Waals surface area contributed by atoms with Crippen molar-refractivity contribution < 1.29 is 4.79 Å². The van der Waals surface area contributed by atoms with Gasteiger partial charge in [-0.15, -0.1) is 11.3 Å². The summed E-state index contributed by atoms with van der Waals surface area (Å²) in [5.74, 6) is -0.367. The molecule has 0 aliphatic rings. The van der Waals surface area contributed by atoms with E-state index in [0.29, 0.717) is 22.9 Å². The molecule has 6 nitrogen and oxygen atoms in total. The first kappa shape index (κ1) is 19.7. The van der Waals surface area contributed by atoms with E-state index in [1.54, 1.807) is 16.8 Å². The van der Waals surface area contributed by atoms with Gasteiger partial charge < -0.3 is 4.57 Å². The molecule has 0 saturated heterocycles. The van der Waals surface area contributed by atoms with Gasteiger partial charge in [0.2, 0.25) is 0 Å². The normalized spacial score (nSPS) is 10.7. The summed E-state index contributed by atoms with van der Waals surface area (Å²) in [5, 5.41) is 5.07. The van der Waals surface area contributed by atoms with Crippen LogP contribution >= 0.6 is 11.3 Å². The lowest BCUT2D eigenvalue weighted by Gasteiger charge is -2.09. The van der Waals surface area contributed by atoms with E-state index in [1.165, 1.54) is 17.4 Å². The largest absolute Gasteiger partial charge is 0.311 e. The fourth-order valence-electron chi connectivity index (χ4n) is 3.05. The van der Waals surface area contributed by atoms with Gasteiger partial charge in [0.15, 0.2) is 5.13 Å². The van der Waals surface area contributed by atoms with Crippen molar-refractivity contribution in [2.45, 2.75) is 20.4 Å². The predicted molar refractivity (Wildman–Crippen MR) is 119 cm³/mol. The predicted octanol–water partition coefficient (Wildman–Crippen LogP) is 4.28. The third-order valence-corrected chi connectivity index (χ3v) is 5.49. The van der Waals surface area contributed by atoms with E-state index >= 15 is 0 Å². The summed E-state index contributed by atoms with van der Waals surface area (Å²) in [4.78, 5) is 34.0. The lowest BCUT2D eigenvalue weighted by Crippen LogP contribution is -2.23. The Balaban J connectivity index is 1.48. The minimum atomic E-state index is -0.367. The van der Waals surface area contributed by atoms with Gasteiger partial charge in [0.25, 0.3) is 11.5 Å². The zero-order valence-corrected chi connectivity index (χ0v) is 17.4. The molecule has 0 aliphatic heterocycles. The van der Waals surface area contributed by atoms with E-state index in [0.717, 1.165) is 22.5 Å². The van der Waals surface area contributed by atoms with Gasteiger partial charge >= 0.3 is 0 Å². The summed E-state index contributed by atoms with van der Waals surface area (Å²) in [6.45, 7) is 4.39. The summed E-state index contributed by atoms with van der Waals surface area (Å²) < 4.78 is 1.59. The number of nitrogens with zero attached hydrogens (tertiary/aromatic N) is 3. The Morgan fingerprint density at radius 3 is 2.63 bits per heavy atom. The van der Waals surface area contributed by atoms with Crippen LogP contribution in [0.2, 0.25) is 0 Å². The number of rotatable bonds is 5. The fraction of sp³-hybridized carbons (Fsp3) is 0.130. The van der Waals surface area contributed by atoms with Gasteiger partial charge in [0.1, 0.15) is 5.69 Å². The van der Waals surface area contributed by atoms with Gasteiger partial charge in [0, 0.05) is 28.9 Å². The number of hydrogen-bond acceptors (Lipinski definition) is 5. The molecule has 30 heavy (non-hydrogen) atoms. The monoisotopic (exact) mass is 416 g/mol. The first-order valence-electron chi connectivity index (χ1n) is 9.45. The van der Waals surface area contributed by atoms with E-state index in [9.17, 15) is 9.59 Å². The summed E-state index contributed by atoms with van der Waals surface area (Å²) >= 11 is 1.32. The quantitative estimate of drug-likeness (QED) is 0.527. The van der Waals surface area contributed by atoms with Crippen LogP contribution in [-0.2, 0) is 6.54 Å². The summed E-state index contributed by atoms with van der Waals surface area (Å²) in [5.41, 5.74) is 4.61. The molecule has 0 unspecified atom stereocenters. The maximum atomic E-state index is 12.6. The van der Waals surface area contributed by atoms with Crippen molar-refractivity contribution in [3.05, 3.63) is 98.9 Å². The molecule has 1 amide bonds. The highest BCUT2D eigenvalue weighted by Gasteiger charge is 2.12. The molecular weight excluding hydrogens is 396 g/mol. The lowest BCUT2D eigenvalue weighted by atomic mass is 10.1. The Hall–Kier alpha value is -3.58. The number of hydrogen-bond donors (Lipinski definition) is 1. The third-order valence-electron chi connectivity index (χ3n) is 4.74. The van der Waals surface area contributed by atoms with Crippen LogP contribution in [-0.4, -0.2) is 20.4 Å². The number of aryl methyl sites for hydroxylation is 2. The molecule has 0 radical (unpaired) electrons. The van der Waals surface area contributed by atoms with Crippen LogP contribution in [0, 0.1) is 13.8 Å². The van der Waals surface area contributed by atoms with E-state index in [1.807, 2.05) is 61.7 Å². The smallest absolute Gasteiger partial charge is 0.257 e. The molecule has 0 aliphatic carbocycles. The highest BCUT2D eigenvalue weighted by Crippen LogP contribution is 2.24. The zero-order valence-electron chi connectivity index (χ0n) is 16.6. The maximum Gasteiger partial charge on any atom is 0.257 e. The van der Waals surface area contributed by atoms with Gasteiger partial charge in [-0.1, -0.05) is 30.3 Å². The minimum absolute atomic E-state index is 0.227. The topological polar surface area (TPSA) is 76.9 Å². The van der Waals surface area contributed by atoms with Crippen molar-refractivity contribution in [1.29, 1.82) is 0 Å². The minimum Gasteiger partial charge on any atom is -0.311 e. The Labute approximate surface area is 177 Å². The summed E-state index contributed by atoms with van der Waals surface area (Å²) in [6.07, 6.45) is 1.65. The Bertz CT molecular complexity index is 1280. The van der Waals surface area contributed by atoms with E-state index in [-0.39, 0.29) is 11.5 Å². The highest BCUT2D eigenvalue weighted by atomic mass is 32.1. The van der Waals surface area contributed by atoms with Crippen LogP contribution in [0.5, 0.6) is 0 Å². The number of carbonyl (C=O) groups excluding carboxylic acids is 1. The number of benzene rings is 1. The molecular formula is C23H20N4O2S. The second-order valence-corrected chi connectivity index (χ2v) is 7.82. The molecule has 4 aromatic rings. The molecule has 0 spiro atoms. The van der Waals surface area contributed by atoms with Gasteiger partial charge in [0.05, 0.1) is 12.2 Å². The Morgan fingerprint density at radius 1 is 1.03 bits per heavy atom. The molecule has 0 atom stereocenters. The van der Waals surface area contributed by atoms with Gasteiger partial charge in [-0.05, 0) is 43.2 Å². The number of pyridine rings is 2. The first-order chi connectivity index (χ1) is 14.5. The van der Waals surface area contributed by atoms with E-state index in [4.69, 9.17) is 0 Å². The number of amides is 1. The standard InChI is InChI=1S/C23H20N4O2S/c1-15-6-3-4-8-18(15)13-27-11-10-17(12-21(27)28)22(29)26-23-25-20(14-30-23)19-9-5-7-16(2)24-19/h3-12,14H,13H2,1-2H3,(H,25,26,29). The third kappa shape index (κ3) is 4.36. The SMILES string of the molecule is Cc1cccc(-c2csc(NC(=O)c3ccn(Cc4ccccc4C)c(=O)c3)n2)n1. The second kappa shape index (κ2) is 8.42. The molecule has 0 bridgehead atoms.